The van der Waals surface area contributed by atoms with Crippen LogP contribution in [0.3, 0.4) is 0 Å². The topological polar surface area (TPSA) is 231 Å². The van der Waals surface area contributed by atoms with Gasteiger partial charge in [0.25, 0.3) is 0 Å². The van der Waals surface area contributed by atoms with Crippen LogP contribution in [0.1, 0.15) is 39.5 Å². The Balaban J connectivity index is 4.78. The Hall–Kier alpha value is -3.22. The summed E-state index contributed by atoms with van der Waals surface area (Å²) in [4.78, 5) is 68.8. The number of primary amides is 1. The number of rotatable bonds is 14. The van der Waals surface area contributed by atoms with Crippen LogP contribution in [-0.2, 0) is 28.8 Å². The van der Waals surface area contributed by atoms with Gasteiger partial charge in [-0.05, 0) is 18.8 Å². The highest BCUT2D eigenvalue weighted by atomic mass is 16.4. The molecular formula is C17H29N5O8. The van der Waals surface area contributed by atoms with E-state index in [0.29, 0.717) is 0 Å². The zero-order valence-corrected chi connectivity index (χ0v) is 16.8. The highest BCUT2D eigenvalue weighted by Gasteiger charge is 2.29. The quantitative estimate of drug-likeness (QED) is 0.151. The number of amides is 4. The van der Waals surface area contributed by atoms with Crippen molar-refractivity contribution in [2.24, 2.45) is 17.4 Å². The van der Waals surface area contributed by atoms with Crippen LogP contribution < -0.4 is 27.4 Å². The molecule has 0 aromatic rings. The second kappa shape index (κ2) is 13.1. The molecule has 0 radical (unpaired) electrons. The average Bonchev–Trinajstić information content (AvgIpc) is 2.64. The highest BCUT2D eigenvalue weighted by Crippen LogP contribution is 2.05. The molecule has 0 heterocycles. The maximum atomic E-state index is 12.4. The fourth-order valence-corrected chi connectivity index (χ4v) is 2.27. The molecule has 170 valence electrons. The van der Waals surface area contributed by atoms with Crippen molar-refractivity contribution in [3.63, 3.8) is 0 Å². The van der Waals surface area contributed by atoms with Crippen LogP contribution in [0.2, 0.25) is 0 Å². The van der Waals surface area contributed by atoms with E-state index in [1.54, 1.807) is 13.8 Å². The van der Waals surface area contributed by atoms with Crippen LogP contribution in [0, 0.1) is 5.92 Å². The minimum absolute atomic E-state index is 0.00668. The number of hydrogen-bond donors (Lipinski definition) is 7. The summed E-state index contributed by atoms with van der Waals surface area (Å²) < 4.78 is 0. The van der Waals surface area contributed by atoms with Gasteiger partial charge in [0, 0.05) is 12.8 Å². The Bertz CT molecular complexity index is 667. The SMILES string of the molecule is CC(C)C(NC(=O)CNC(=O)C(N)CCC(N)=O)C(=O)NC(CCC(=O)O)C(=O)O. The molecule has 0 spiro atoms. The number of nitrogens with two attached hydrogens (primary N) is 2. The number of carbonyl (C=O) groups excluding carboxylic acids is 4. The number of hydrogen-bond acceptors (Lipinski definition) is 7. The van der Waals surface area contributed by atoms with Crippen LogP contribution >= 0.6 is 0 Å². The summed E-state index contributed by atoms with van der Waals surface area (Å²) in [7, 11) is 0. The molecule has 13 heteroatoms. The fourth-order valence-electron chi connectivity index (χ4n) is 2.27. The zero-order valence-electron chi connectivity index (χ0n) is 16.8. The maximum Gasteiger partial charge on any atom is 0.326 e. The molecule has 0 saturated heterocycles. The summed E-state index contributed by atoms with van der Waals surface area (Å²) in [5.41, 5.74) is 10.5. The van der Waals surface area contributed by atoms with Crippen molar-refractivity contribution in [3.05, 3.63) is 0 Å². The van der Waals surface area contributed by atoms with Crippen molar-refractivity contribution >= 4 is 35.6 Å². The van der Waals surface area contributed by atoms with Gasteiger partial charge in [-0.15, -0.1) is 0 Å². The molecule has 4 amide bonds. The summed E-state index contributed by atoms with van der Waals surface area (Å²) >= 11 is 0. The first-order valence-electron chi connectivity index (χ1n) is 9.21. The van der Waals surface area contributed by atoms with E-state index in [4.69, 9.17) is 21.7 Å². The van der Waals surface area contributed by atoms with Crippen LogP contribution in [0.5, 0.6) is 0 Å². The lowest BCUT2D eigenvalue weighted by atomic mass is 10.0. The molecule has 0 bridgehead atoms. The first-order valence-corrected chi connectivity index (χ1v) is 9.21. The lowest BCUT2D eigenvalue weighted by Gasteiger charge is -2.24. The Kier molecular flexibility index (Phi) is 11.7. The van der Waals surface area contributed by atoms with E-state index in [1.807, 2.05) is 0 Å². The Morgan fingerprint density at radius 3 is 1.97 bits per heavy atom. The second-order valence-corrected chi connectivity index (χ2v) is 6.95. The van der Waals surface area contributed by atoms with Gasteiger partial charge in [0.15, 0.2) is 0 Å². The van der Waals surface area contributed by atoms with Gasteiger partial charge >= 0.3 is 11.9 Å². The molecule has 3 unspecified atom stereocenters. The largest absolute Gasteiger partial charge is 0.481 e. The predicted molar refractivity (Wildman–Crippen MR) is 103 cm³/mol. The number of carboxylic acids is 2. The van der Waals surface area contributed by atoms with Crippen LogP contribution in [0.15, 0.2) is 0 Å². The van der Waals surface area contributed by atoms with E-state index in [1.165, 1.54) is 0 Å². The van der Waals surface area contributed by atoms with Gasteiger partial charge in [0.1, 0.15) is 12.1 Å². The summed E-state index contributed by atoms with van der Waals surface area (Å²) in [5, 5.41) is 24.6. The zero-order chi connectivity index (χ0) is 23.4. The summed E-state index contributed by atoms with van der Waals surface area (Å²) in [5.74, 6) is -5.89. The molecule has 3 atom stereocenters. The first-order chi connectivity index (χ1) is 13.8. The molecule has 0 rings (SSSR count). The van der Waals surface area contributed by atoms with E-state index in [2.05, 4.69) is 16.0 Å². The molecular weight excluding hydrogens is 402 g/mol. The minimum Gasteiger partial charge on any atom is -0.481 e. The van der Waals surface area contributed by atoms with Gasteiger partial charge < -0.3 is 37.6 Å². The normalized spacial score (nSPS) is 13.6. The van der Waals surface area contributed by atoms with Crippen LogP contribution in [0.25, 0.3) is 0 Å². The number of aliphatic carboxylic acids is 2. The number of carboxylic acid groups (broad SMARTS) is 2. The lowest BCUT2D eigenvalue weighted by Crippen LogP contribution is -2.55. The maximum absolute atomic E-state index is 12.4. The molecule has 13 nitrogen and oxygen atoms in total. The third-order valence-corrected chi connectivity index (χ3v) is 3.99. The summed E-state index contributed by atoms with van der Waals surface area (Å²) in [6, 6.07) is -3.60. The highest BCUT2D eigenvalue weighted by molar-refractivity contribution is 5.92. The van der Waals surface area contributed by atoms with Crippen molar-refractivity contribution in [1.29, 1.82) is 0 Å². The first kappa shape index (κ1) is 26.8. The summed E-state index contributed by atoms with van der Waals surface area (Å²) in [6.07, 6.45) is -0.873. The van der Waals surface area contributed by atoms with E-state index in [-0.39, 0.29) is 19.3 Å². The van der Waals surface area contributed by atoms with Crippen molar-refractivity contribution in [2.75, 3.05) is 6.54 Å². The standard InChI is InChI=1S/C17H29N5O8/c1-8(2)14(16(28)21-10(17(29)30)4-6-13(25)26)22-12(24)7-20-15(27)9(18)3-5-11(19)23/h8-10,14H,3-7,18H2,1-2H3,(H2,19,23)(H,20,27)(H,21,28)(H,22,24)(H,25,26)(H,29,30). The van der Waals surface area contributed by atoms with E-state index in [9.17, 15) is 28.8 Å². The minimum atomic E-state index is -1.44. The molecule has 0 aromatic heterocycles. The Morgan fingerprint density at radius 2 is 1.50 bits per heavy atom. The molecule has 0 aliphatic heterocycles. The van der Waals surface area contributed by atoms with Crippen molar-refractivity contribution in [3.8, 4) is 0 Å². The smallest absolute Gasteiger partial charge is 0.326 e. The van der Waals surface area contributed by atoms with Crippen LogP contribution in [0.4, 0.5) is 0 Å². The number of carbonyl (C=O) groups is 6. The number of nitrogens with one attached hydrogen (secondary N) is 3. The third kappa shape index (κ3) is 10.9. The van der Waals surface area contributed by atoms with Gasteiger partial charge in [0.2, 0.25) is 23.6 Å². The van der Waals surface area contributed by atoms with Crippen molar-refractivity contribution in [1.82, 2.24) is 16.0 Å². The second-order valence-electron chi connectivity index (χ2n) is 6.95. The molecule has 30 heavy (non-hydrogen) atoms. The monoisotopic (exact) mass is 431 g/mol. The van der Waals surface area contributed by atoms with Gasteiger partial charge in [0.05, 0.1) is 12.6 Å². The molecule has 0 aliphatic rings. The summed E-state index contributed by atoms with van der Waals surface area (Å²) in [6.45, 7) is 2.72. The lowest BCUT2D eigenvalue weighted by molar-refractivity contribution is -0.143. The average molecular weight is 431 g/mol. The molecule has 0 fully saturated rings. The molecule has 0 aliphatic carbocycles. The van der Waals surface area contributed by atoms with E-state index < -0.39 is 72.6 Å². The molecule has 9 N–H and O–H groups in total. The van der Waals surface area contributed by atoms with Gasteiger partial charge in [-0.3, -0.25) is 24.0 Å². The van der Waals surface area contributed by atoms with E-state index >= 15 is 0 Å². The Labute approximate surface area is 172 Å². The predicted octanol–water partition coefficient (Wildman–Crippen LogP) is -2.73. The van der Waals surface area contributed by atoms with Gasteiger partial charge in [-0.2, -0.15) is 0 Å². The van der Waals surface area contributed by atoms with Crippen molar-refractivity contribution < 1.29 is 39.0 Å². The fraction of sp³-hybridized carbons (Fsp3) is 0.647. The molecule has 0 saturated carbocycles. The van der Waals surface area contributed by atoms with E-state index in [0.717, 1.165) is 0 Å². The Morgan fingerprint density at radius 1 is 0.900 bits per heavy atom. The third-order valence-electron chi connectivity index (χ3n) is 3.99. The molecule has 0 aromatic carbocycles. The van der Waals surface area contributed by atoms with Gasteiger partial charge in [-0.1, -0.05) is 13.8 Å². The van der Waals surface area contributed by atoms with Crippen molar-refractivity contribution in [2.45, 2.75) is 57.7 Å². The van der Waals surface area contributed by atoms with Gasteiger partial charge in [-0.25, -0.2) is 4.79 Å². The van der Waals surface area contributed by atoms with Crippen LogP contribution in [-0.4, -0.2) is 70.5 Å².